The molecule has 42 heavy (non-hydrogen) atoms. The van der Waals surface area contributed by atoms with Crippen LogP contribution in [0.5, 0.6) is 5.75 Å². The van der Waals surface area contributed by atoms with Gasteiger partial charge in [-0.15, -0.1) is 0 Å². The second-order valence-corrected chi connectivity index (χ2v) is 10.6. The van der Waals surface area contributed by atoms with E-state index in [-0.39, 0.29) is 6.10 Å². The SMILES string of the molecule is COc1cc2[nH]nc(-c3ccc(N4CCN5C[C@H](O)C[C@H]5C4)nc3)c2nc1-c1cccc(C)c1C.O=C(O)CC(=O)O. The fraction of sp³-hybridized carbons (Fsp3) is 0.367. The van der Waals surface area contributed by atoms with Crippen LogP contribution in [-0.2, 0) is 9.59 Å². The van der Waals surface area contributed by atoms with Gasteiger partial charge in [-0.05, 0) is 43.5 Å². The molecule has 2 saturated heterocycles. The first-order chi connectivity index (χ1) is 20.1. The summed E-state index contributed by atoms with van der Waals surface area (Å²) in [4.78, 5) is 33.4. The molecule has 2 atom stereocenters. The van der Waals surface area contributed by atoms with Gasteiger partial charge in [0, 0.05) is 55.6 Å². The number of nitrogens with zero attached hydrogens (tertiary/aromatic N) is 5. The zero-order chi connectivity index (χ0) is 30.0. The molecule has 0 radical (unpaired) electrons. The number of aliphatic hydroxyl groups excluding tert-OH is 1. The molecular formula is C30H34N6O6. The third kappa shape index (κ3) is 6.04. The van der Waals surface area contributed by atoms with Gasteiger partial charge in [-0.3, -0.25) is 19.6 Å². The zero-order valence-corrected chi connectivity index (χ0v) is 23.7. The van der Waals surface area contributed by atoms with E-state index in [2.05, 4.69) is 58.1 Å². The largest absolute Gasteiger partial charge is 0.494 e. The van der Waals surface area contributed by atoms with E-state index in [1.807, 2.05) is 18.3 Å². The number of aliphatic hydroxyl groups is 1. The summed E-state index contributed by atoms with van der Waals surface area (Å²) >= 11 is 0. The number of fused-ring (bicyclic) bond motifs is 2. The Kier molecular flexibility index (Phi) is 8.36. The number of aryl methyl sites for hydroxylation is 1. The molecule has 6 rings (SSSR count). The first-order valence-electron chi connectivity index (χ1n) is 13.7. The Morgan fingerprint density at radius 1 is 1.07 bits per heavy atom. The lowest BCUT2D eigenvalue weighted by atomic mass is 9.99. The maximum absolute atomic E-state index is 10.00. The number of aromatic nitrogens is 4. The highest BCUT2D eigenvalue weighted by Gasteiger charge is 2.35. The summed E-state index contributed by atoms with van der Waals surface area (Å²) in [6.07, 6.45) is 1.71. The second kappa shape index (κ2) is 12.1. The number of methoxy groups -OCH3 is 1. The van der Waals surface area contributed by atoms with Gasteiger partial charge in [0.2, 0.25) is 0 Å². The summed E-state index contributed by atoms with van der Waals surface area (Å²) in [6, 6.07) is 12.7. The lowest BCUT2D eigenvalue weighted by Gasteiger charge is -2.37. The van der Waals surface area contributed by atoms with E-state index in [9.17, 15) is 14.7 Å². The summed E-state index contributed by atoms with van der Waals surface area (Å²) in [5.74, 6) is -0.952. The Hall–Kier alpha value is -4.55. The minimum absolute atomic E-state index is 0.206. The van der Waals surface area contributed by atoms with Crippen molar-refractivity contribution in [3.8, 4) is 28.3 Å². The number of benzene rings is 1. The number of aromatic amines is 1. The monoisotopic (exact) mass is 574 g/mol. The third-order valence-corrected chi connectivity index (χ3v) is 7.82. The number of rotatable bonds is 6. The molecule has 0 aliphatic carbocycles. The highest BCUT2D eigenvalue weighted by atomic mass is 16.5. The average molecular weight is 575 g/mol. The van der Waals surface area contributed by atoms with E-state index in [0.29, 0.717) is 11.8 Å². The van der Waals surface area contributed by atoms with Gasteiger partial charge in [-0.25, -0.2) is 9.97 Å². The zero-order valence-electron chi connectivity index (χ0n) is 23.7. The molecule has 0 amide bonds. The molecule has 2 aliphatic heterocycles. The molecule has 2 aliphatic rings. The Bertz CT molecular complexity index is 1590. The predicted octanol–water partition coefficient (Wildman–Crippen LogP) is 3.11. The maximum Gasteiger partial charge on any atom is 0.314 e. The number of ether oxygens (including phenoxy) is 1. The van der Waals surface area contributed by atoms with E-state index in [1.165, 1.54) is 11.1 Å². The quantitative estimate of drug-likeness (QED) is 0.250. The molecule has 4 N–H and O–H groups in total. The number of hydrogen-bond acceptors (Lipinski definition) is 9. The van der Waals surface area contributed by atoms with E-state index in [1.54, 1.807) is 7.11 Å². The fourth-order valence-corrected chi connectivity index (χ4v) is 5.55. The first-order valence-corrected chi connectivity index (χ1v) is 13.7. The lowest BCUT2D eigenvalue weighted by Crippen LogP contribution is -2.50. The molecule has 5 heterocycles. The van der Waals surface area contributed by atoms with Crippen LogP contribution in [-0.4, -0.2) is 97.8 Å². The smallest absolute Gasteiger partial charge is 0.314 e. The van der Waals surface area contributed by atoms with Crippen LogP contribution in [0.4, 0.5) is 5.82 Å². The van der Waals surface area contributed by atoms with Crippen molar-refractivity contribution in [2.24, 2.45) is 0 Å². The molecule has 12 nitrogen and oxygen atoms in total. The molecule has 0 spiro atoms. The van der Waals surface area contributed by atoms with Gasteiger partial charge >= 0.3 is 11.9 Å². The van der Waals surface area contributed by atoms with E-state index >= 15 is 0 Å². The van der Waals surface area contributed by atoms with Crippen LogP contribution in [0.2, 0.25) is 0 Å². The van der Waals surface area contributed by atoms with Crippen molar-refractivity contribution in [3.05, 3.63) is 53.7 Å². The summed E-state index contributed by atoms with van der Waals surface area (Å²) in [5.41, 5.74) is 7.58. The van der Waals surface area contributed by atoms with Crippen molar-refractivity contribution < 1.29 is 29.6 Å². The van der Waals surface area contributed by atoms with Gasteiger partial charge < -0.3 is 25.0 Å². The Morgan fingerprint density at radius 3 is 2.52 bits per heavy atom. The first kappa shape index (κ1) is 29.0. The van der Waals surface area contributed by atoms with Crippen LogP contribution in [0, 0.1) is 13.8 Å². The van der Waals surface area contributed by atoms with E-state index in [4.69, 9.17) is 24.9 Å². The number of pyridine rings is 2. The summed E-state index contributed by atoms with van der Waals surface area (Å²) in [6.45, 7) is 7.79. The molecule has 0 bridgehead atoms. The van der Waals surface area contributed by atoms with Gasteiger partial charge in [0.1, 0.15) is 34.9 Å². The number of anilines is 1. The number of H-pyrrole nitrogens is 1. The molecule has 2 fully saturated rings. The molecular weight excluding hydrogens is 540 g/mol. The number of nitrogens with one attached hydrogen (secondary N) is 1. The van der Waals surface area contributed by atoms with Gasteiger partial charge in [-0.2, -0.15) is 5.10 Å². The van der Waals surface area contributed by atoms with Crippen molar-refractivity contribution in [1.29, 1.82) is 0 Å². The Balaban J connectivity index is 0.000000451. The molecule has 12 heteroatoms. The van der Waals surface area contributed by atoms with Crippen LogP contribution in [0.15, 0.2) is 42.6 Å². The molecule has 4 aromatic rings. The average Bonchev–Trinajstić information content (AvgIpc) is 3.55. The van der Waals surface area contributed by atoms with Crippen molar-refractivity contribution >= 4 is 28.8 Å². The van der Waals surface area contributed by atoms with Crippen molar-refractivity contribution in [2.75, 3.05) is 38.2 Å². The maximum atomic E-state index is 10.00. The second-order valence-electron chi connectivity index (χ2n) is 10.6. The standard InChI is InChI=1S/C27H30N6O2.C3H4O4/c1-16-5-4-6-21(17(16)2)26-23(35-3)12-22-27(29-26)25(31-30-22)18-7-8-24(28-13-18)33-10-9-32-15-20(34)11-19(32)14-33;4-2(5)1-3(6)7/h4-8,12-13,19-20,34H,9-11,14-15H2,1-3H3,(H,30,31);1H2,(H,4,5)(H,6,7)/t19-,20+;/m0./s1. The number of carbonyl (C=O) groups is 2. The summed E-state index contributed by atoms with van der Waals surface area (Å²) < 4.78 is 5.69. The highest BCUT2D eigenvalue weighted by molar-refractivity contribution is 5.93. The van der Waals surface area contributed by atoms with Crippen molar-refractivity contribution in [2.45, 2.75) is 38.8 Å². The third-order valence-electron chi connectivity index (χ3n) is 7.82. The minimum Gasteiger partial charge on any atom is -0.494 e. The van der Waals surface area contributed by atoms with E-state index < -0.39 is 18.4 Å². The van der Waals surface area contributed by atoms with Crippen LogP contribution in [0.25, 0.3) is 33.5 Å². The van der Waals surface area contributed by atoms with Crippen LogP contribution >= 0.6 is 0 Å². The Labute approximate surface area is 242 Å². The topological polar surface area (TPSA) is 165 Å². The van der Waals surface area contributed by atoms with Gasteiger partial charge in [0.05, 0.1) is 18.7 Å². The summed E-state index contributed by atoms with van der Waals surface area (Å²) in [7, 11) is 1.67. The fourth-order valence-electron chi connectivity index (χ4n) is 5.55. The van der Waals surface area contributed by atoms with Crippen LogP contribution in [0.3, 0.4) is 0 Å². The number of hydrogen-bond donors (Lipinski definition) is 4. The van der Waals surface area contributed by atoms with Crippen molar-refractivity contribution in [1.82, 2.24) is 25.1 Å². The van der Waals surface area contributed by atoms with E-state index in [0.717, 1.165) is 72.0 Å². The highest BCUT2D eigenvalue weighted by Crippen LogP contribution is 2.36. The molecule has 220 valence electrons. The van der Waals surface area contributed by atoms with Crippen molar-refractivity contribution in [3.63, 3.8) is 0 Å². The molecule has 0 unspecified atom stereocenters. The number of piperazine rings is 1. The number of aliphatic carboxylic acids is 2. The van der Waals surface area contributed by atoms with Gasteiger partial charge in [0.25, 0.3) is 0 Å². The minimum atomic E-state index is -1.31. The predicted molar refractivity (Wildman–Crippen MR) is 157 cm³/mol. The lowest BCUT2D eigenvalue weighted by molar-refractivity contribution is -0.147. The number of carboxylic acid groups (broad SMARTS) is 2. The molecule has 1 aromatic carbocycles. The normalized spacial score (nSPS) is 18.3. The molecule has 3 aromatic heterocycles. The van der Waals surface area contributed by atoms with Crippen LogP contribution < -0.4 is 9.64 Å². The van der Waals surface area contributed by atoms with Crippen LogP contribution in [0.1, 0.15) is 24.0 Å². The summed E-state index contributed by atoms with van der Waals surface area (Å²) in [5, 5.41) is 33.1. The van der Waals surface area contributed by atoms with Gasteiger partial charge in [0.15, 0.2) is 0 Å². The van der Waals surface area contributed by atoms with Gasteiger partial charge in [-0.1, -0.05) is 18.2 Å². The Morgan fingerprint density at radius 2 is 1.86 bits per heavy atom. The molecule has 0 saturated carbocycles. The number of carboxylic acids is 2.